The Balaban J connectivity index is 1.47. The van der Waals surface area contributed by atoms with E-state index in [0.717, 1.165) is 34.2 Å². The number of hydrogen-bond acceptors (Lipinski definition) is 2. The minimum Gasteiger partial charge on any atom is -0.458 e. The fourth-order valence-corrected chi connectivity index (χ4v) is 18.5. The largest absolute Gasteiger partial charge is 0.458 e. The Labute approximate surface area is 362 Å². The van der Waals surface area contributed by atoms with E-state index in [0.29, 0.717) is 27.0 Å². The first-order valence-electron chi connectivity index (χ1n) is 27.6. The Bertz CT molecular complexity index is 3490. The Kier molecular flexibility index (Phi) is 4.71. The van der Waals surface area contributed by atoms with Crippen LogP contribution in [0.15, 0.2) is 176 Å². The molecule has 0 saturated heterocycles. The molecular weight excluding hydrogens is 727 g/mol. The van der Waals surface area contributed by atoms with Crippen molar-refractivity contribution in [1.82, 2.24) is 14.0 Å². The molecule has 10 rings (SSSR count). The summed E-state index contributed by atoms with van der Waals surface area (Å²) in [5.41, 5.74) is 3.89. The monoisotopic (exact) mass is 791 g/mol. The van der Waals surface area contributed by atoms with Gasteiger partial charge in [-0.2, -0.15) is 0 Å². The summed E-state index contributed by atoms with van der Waals surface area (Å²) in [6.45, 7) is -26.1. The van der Waals surface area contributed by atoms with E-state index < -0.39 is 89.2 Å². The Hall–Kier alpha value is -5.96. The molecular formula is C51H47N3OSi2. The van der Waals surface area contributed by atoms with Crippen molar-refractivity contribution in [3.63, 3.8) is 0 Å². The summed E-state index contributed by atoms with van der Waals surface area (Å²) in [6, 6.07) is 50.4. The van der Waals surface area contributed by atoms with Crippen molar-refractivity contribution in [2.75, 3.05) is 0 Å². The maximum absolute atomic E-state index is 9.36. The minimum absolute atomic E-state index is 0.182. The third-order valence-corrected chi connectivity index (χ3v) is 21.0. The van der Waals surface area contributed by atoms with Gasteiger partial charge in [-0.1, -0.05) is 175 Å². The van der Waals surface area contributed by atoms with Crippen molar-refractivity contribution in [2.45, 2.75) is 51.2 Å². The zero-order chi connectivity index (χ0) is 54.2. The molecule has 1 aliphatic rings. The number of hydrogen-bond donors (Lipinski definition) is 0. The van der Waals surface area contributed by atoms with Crippen molar-refractivity contribution in [3.05, 3.63) is 176 Å². The number of fused-ring (bicyclic) bond motifs is 7. The lowest BCUT2D eigenvalue weighted by atomic mass is 10.2. The highest BCUT2D eigenvalue weighted by atomic mass is 28.3. The van der Waals surface area contributed by atoms with E-state index in [1.165, 1.54) is 24.3 Å². The first kappa shape index (κ1) is 21.0. The van der Waals surface area contributed by atoms with Crippen molar-refractivity contribution < 1.29 is 29.4 Å². The smallest absolute Gasteiger partial charge is 0.220 e. The van der Waals surface area contributed by atoms with Crippen LogP contribution in [0.5, 0.6) is 11.5 Å². The van der Waals surface area contributed by atoms with Crippen molar-refractivity contribution in [3.8, 4) is 17.2 Å². The summed E-state index contributed by atoms with van der Waals surface area (Å²) in [4.78, 5) is 5.10. The molecule has 4 nitrogen and oxygen atoms in total. The number of ether oxygens (including phenoxy) is 1. The van der Waals surface area contributed by atoms with Gasteiger partial charge >= 0.3 is 0 Å². The molecule has 0 atom stereocenters. The molecule has 0 bridgehead atoms. The number of imidazole rings is 2. The molecule has 0 unspecified atom stereocenters. The maximum atomic E-state index is 9.36. The van der Waals surface area contributed by atoms with Gasteiger partial charge in [0.25, 0.3) is 0 Å². The molecule has 9 aromatic rings. The molecule has 0 radical (unpaired) electrons. The molecule has 0 amide bonds. The number of para-hydroxylation sites is 6. The lowest BCUT2D eigenvalue weighted by Crippen LogP contribution is -2.77. The van der Waals surface area contributed by atoms with Crippen LogP contribution in [0.4, 0.5) is 0 Å². The van der Waals surface area contributed by atoms with E-state index in [1.54, 1.807) is 42.5 Å². The lowest BCUT2D eigenvalue weighted by molar-refractivity contribution is 0.484. The fourth-order valence-electron chi connectivity index (χ4n) is 9.27. The van der Waals surface area contributed by atoms with Crippen LogP contribution >= 0.6 is 0 Å². The van der Waals surface area contributed by atoms with Crippen LogP contribution in [0.25, 0.3) is 33.5 Å². The number of rotatable bonds is 5. The van der Waals surface area contributed by atoms with E-state index >= 15 is 0 Å². The Morgan fingerprint density at radius 1 is 0.544 bits per heavy atom. The highest BCUT2D eigenvalue weighted by Crippen LogP contribution is 2.54. The number of nitrogens with zero attached hydrogens (tertiary/aromatic N) is 3. The minimum atomic E-state index is -6.93. The van der Waals surface area contributed by atoms with Gasteiger partial charge in [0, 0.05) is 30.4 Å². The van der Waals surface area contributed by atoms with Crippen LogP contribution in [0.3, 0.4) is 0 Å². The average Bonchev–Trinajstić information content (AvgIpc) is 3.87. The lowest BCUT2D eigenvalue weighted by Gasteiger charge is -2.55. The van der Waals surface area contributed by atoms with Gasteiger partial charge in [-0.3, -0.25) is 8.97 Å². The van der Waals surface area contributed by atoms with Gasteiger partial charge in [-0.25, -0.2) is 4.98 Å². The standard InChI is InChI=1S/C51H47N3OSi2/c1-50(2,3)57(51(4,5)6)45-32-18-17-31-44(45)55-48-46(33-20-34-47(48)57)56(37-22-9-7-10-23-37,38-24-11-8-12-25-38)39-26-19-21-36(35-39)53-42-29-15-16-30-43(42)54-41-28-14-13-27-40(41)52-49(53)54/h7-35H,1-6H3/i1D3,2D3,3D3,4D3,5D3,6D3. The number of benzene rings is 7. The van der Waals surface area contributed by atoms with E-state index in [9.17, 15) is 24.7 Å². The van der Waals surface area contributed by atoms with Crippen molar-refractivity contribution in [2.24, 2.45) is 0 Å². The highest BCUT2D eigenvalue weighted by Gasteiger charge is 2.60. The molecule has 1 aliphatic heterocycles. The zero-order valence-electron chi connectivity index (χ0n) is 48.5. The molecule has 0 fully saturated rings. The van der Waals surface area contributed by atoms with Gasteiger partial charge < -0.3 is 4.74 Å². The van der Waals surface area contributed by atoms with Crippen LogP contribution in [-0.4, -0.2) is 30.1 Å². The molecule has 2 aromatic heterocycles. The van der Waals surface area contributed by atoms with Crippen LogP contribution in [0.2, 0.25) is 10.1 Å². The highest BCUT2D eigenvalue weighted by molar-refractivity contribution is 7.20. The molecule has 57 heavy (non-hydrogen) atoms. The van der Waals surface area contributed by atoms with Gasteiger partial charge in [-0.05, 0) is 83.7 Å². The first-order valence-corrected chi connectivity index (χ1v) is 22.6. The molecule has 280 valence electrons. The zero-order valence-corrected chi connectivity index (χ0v) is 32.5. The fraction of sp³-hybridized carbons (Fsp3) is 0.157. The maximum Gasteiger partial charge on any atom is 0.220 e. The third kappa shape index (κ3) is 4.93. The van der Waals surface area contributed by atoms with E-state index in [4.69, 9.17) is 9.72 Å². The topological polar surface area (TPSA) is 31.5 Å². The summed E-state index contributed by atoms with van der Waals surface area (Å²) < 4.78 is 180. The second-order valence-corrected chi connectivity index (χ2v) is 22.5. The van der Waals surface area contributed by atoms with Crippen LogP contribution < -0.4 is 35.9 Å². The first-order chi connectivity index (χ1) is 35.1. The van der Waals surface area contributed by atoms with Crippen molar-refractivity contribution >= 4 is 75.1 Å². The third-order valence-electron chi connectivity index (χ3n) is 11.5. The molecule has 0 aliphatic carbocycles. The quantitative estimate of drug-likeness (QED) is 0.129. The predicted molar refractivity (Wildman–Crippen MR) is 244 cm³/mol. The molecule has 0 N–H and O–H groups in total. The SMILES string of the molecule is [2H]C([2H])([2H])C(C([2H])([2H])[2H])(C([2H])([2H])[2H])[Si]1(C(C([2H])([2H])[2H])(C([2H])([2H])[2H])C([2H])([2H])[2H])c2ccccc2Oc2c([Si](c3ccccc3)(c3ccccc3)c3cccc(-n4c5ccccc5n5c6ccccc6nc45)c3)cccc21. The van der Waals surface area contributed by atoms with Crippen LogP contribution in [0, 0.1) is 0 Å². The molecule has 3 heterocycles. The van der Waals surface area contributed by atoms with E-state index in [1.807, 2.05) is 102 Å². The van der Waals surface area contributed by atoms with Gasteiger partial charge in [0.05, 0.1) is 22.1 Å². The second-order valence-electron chi connectivity index (χ2n) is 14.6. The van der Waals surface area contributed by atoms with Crippen LogP contribution in [0.1, 0.15) is 65.8 Å². The summed E-state index contributed by atoms with van der Waals surface area (Å²) in [7, 11) is -11.2. The van der Waals surface area contributed by atoms with Gasteiger partial charge in [0.15, 0.2) is 8.07 Å². The summed E-state index contributed by atoms with van der Waals surface area (Å²) in [5, 5.41) is -8.19. The van der Waals surface area contributed by atoms with Gasteiger partial charge in [0.2, 0.25) is 5.78 Å². The average molecular weight is 792 g/mol. The van der Waals surface area contributed by atoms with Crippen molar-refractivity contribution in [1.29, 1.82) is 0 Å². The summed E-state index contributed by atoms with van der Waals surface area (Å²) in [6.07, 6.45) is 0. The summed E-state index contributed by atoms with van der Waals surface area (Å²) in [5.74, 6) is -0.344. The number of aromatic nitrogens is 3. The predicted octanol–water partition coefficient (Wildman–Crippen LogP) is 9.08. The van der Waals surface area contributed by atoms with Gasteiger partial charge in [-0.15, -0.1) is 0 Å². The molecule has 7 aromatic carbocycles. The van der Waals surface area contributed by atoms with Crippen LogP contribution in [-0.2, 0) is 0 Å². The van der Waals surface area contributed by atoms with Gasteiger partial charge in [0.1, 0.15) is 19.6 Å². The second kappa shape index (κ2) is 12.8. The molecule has 0 spiro atoms. The van der Waals surface area contributed by atoms with E-state index in [-0.39, 0.29) is 5.19 Å². The Morgan fingerprint density at radius 2 is 1.11 bits per heavy atom. The normalized spacial score (nSPS) is 20.1. The van der Waals surface area contributed by atoms with E-state index in [2.05, 4.69) is 4.40 Å². The Morgan fingerprint density at radius 3 is 1.81 bits per heavy atom. The molecule has 0 saturated carbocycles. The molecule has 6 heteroatoms. The summed E-state index contributed by atoms with van der Waals surface area (Å²) >= 11 is 0.